The monoisotopic (exact) mass is 303 g/mol. The van der Waals surface area contributed by atoms with Gasteiger partial charge < -0.3 is 4.13 Å². The predicted molar refractivity (Wildman–Crippen MR) is 33.3 cm³/mol. The quantitative estimate of drug-likeness (QED) is 0.439. The van der Waals surface area contributed by atoms with Crippen LogP contribution in [0.5, 0.6) is 0 Å². The van der Waals surface area contributed by atoms with Gasteiger partial charge in [0.15, 0.2) is 20.0 Å². The summed E-state index contributed by atoms with van der Waals surface area (Å²) in [6, 6.07) is 0. The summed E-state index contributed by atoms with van der Waals surface area (Å²) in [5, 5.41) is 0. The van der Waals surface area contributed by atoms with Crippen molar-refractivity contribution >= 4 is 20.0 Å². The van der Waals surface area contributed by atoms with E-state index in [2.05, 4.69) is 0 Å². The minimum absolute atomic E-state index is 0. The summed E-state index contributed by atoms with van der Waals surface area (Å²) >= 11 is 0. The summed E-state index contributed by atoms with van der Waals surface area (Å²) in [5.41, 5.74) is -12.4. The minimum atomic E-state index is -6.72. The van der Waals surface area contributed by atoms with E-state index in [0.29, 0.717) is 0 Å². The fourth-order valence-corrected chi connectivity index (χ4v) is 1.92. The SMILES string of the molecule is O=S(=O)([N-]S(=O)(=O)C(F)(F)F)C(F)(F)F.[Na+]. The number of nitrogens with zero attached hydrogens (tertiary/aromatic N) is 1. The molecule has 0 spiro atoms. The van der Waals surface area contributed by atoms with Gasteiger partial charge in [-0.25, -0.2) is 16.8 Å². The van der Waals surface area contributed by atoms with Crippen molar-refractivity contribution in [3.63, 3.8) is 0 Å². The van der Waals surface area contributed by atoms with Crippen LogP contribution in [0.4, 0.5) is 26.3 Å². The number of alkyl halides is 6. The molecule has 92 valence electrons. The topological polar surface area (TPSA) is 82.4 Å². The van der Waals surface area contributed by atoms with E-state index in [1.165, 1.54) is 0 Å². The summed E-state index contributed by atoms with van der Waals surface area (Å²) < 4.78 is 109. The van der Waals surface area contributed by atoms with E-state index < -0.39 is 31.1 Å². The van der Waals surface area contributed by atoms with E-state index in [4.69, 9.17) is 0 Å². The Hall–Kier alpha value is 0.440. The molecule has 0 fully saturated rings. The predicted octanol–water partition coefficient (Wildman–Crippen LogP) is -1.94. The van der Waals surface area contributed by atoms with Gasteiger partial charge in [-0.3, -0.25) is 0 Å². The van der Waals surface area contributed by atoms with E-state index in [9.17, 15) is 43.2 Å². The van der Waals surface area contributed by atoms with Crippen LogP contribution in [0.15, 0.2) is 0 Å². The first-order valence-corrected chi connectivity index (χ1v) is 5.45. The standard InChI is InChI=1S/C2F6NO4S2.Na/c3-1(4,5)14(10,11)9-15(12,13)2(6,7)8;/q-1;+1. The molecular formula is C2F6NNaO4S2. The summed E-state index contributed by atoms with van der Waals surface area (Å²) in [6.07, 6.45) is 0. The van der Waals surface area contributed by atoms with Crippen molar-refractivity contribution in [2.45, 2.75) is 11.0 Å². The van der Waals surface area contributed by atoms with Crippen molar-refractivity contribution in [3.05, 3.63) is 4.13 Å². The fraction of sp³-hybridized carbons (Fsp3) is 1.00. The second kappa shape index (κ2) is 4.97. The Morgan fingerprint density at radius 1 is 0.688 bits per heavy atom. The first kappa shape index (κ1) is 18.8. The Morgan fingerprint density at radius 2 is 0.875 bits per heavy atom. The van der Waals surface area contributed by atoms with Gasteiger partial charge in [0.25, 0.3) is 0 Å². The molecule has 0 aromatic carbocycles. The van der Waals surface area contributed by atoms with Crippen molar-refractivity contribution in [3.8, 4) is 0 Å². The summed E-state index contributed by atoms with van der Waals surface area (Å²) in [5.74, 6) is 0. The summed E-state index contributed by atoms with van der Waals surface area (Å²) in [7, 11) is -13.4. The zero-order chi connectivity index (χ0) is 12.7. The third kappa shape index (κ3) is 4.37. The fourth-order valence-electron chi connectivity index (χ4n) is 0.214. The Morgan fingerprint density at radius 3 is 1.00 bits per heavy atom. The zero-order valence-electron chi connectivity index (χ0n) is 7.16. The molecule has 0 saturated carbocycles. The molecule has 5 nitrogen and oxygen atoms in total. The van der Waals surface area contributed by atoms with Crippen molar-refractivity contribution in [1.29, 1.82) is 0 Å². The normalized spacial score (nSPS) is 14.4. The van der Waals surface area contributed by atoms with Crippen molar-refractivity contribution in [2.75, 3.05) is 0 Å². The van der Waals surface area contributed by atoms with E-state index in [0.717, 1.165) is 4.13 Å². The molecule has 0 bridgehead atoms. The van der Waals surface area contributed by atoms with Crippen LogP contribution < -0.4 is 29.6 Å². The number of hydrogen-bond acceptors (Lipinski definition) is 4. The Bertz CT molecular complexity index is 390. The molecular weight excluding hydrogens is 303 g/mol. The van der Waals surface area contributed by atoms with Crippen molar-refractivity contribution in [2.24, 2.45) is 0 Å². The molecule has 0 unspecified atom stereocenters. The van der Waals surface area contributed by atoms with E-state index >= 15 is 0 Å². The molecule has 0 aliphatic heterocycles. The first-order chi connectivity index (χ1) is 6.21. The van der Waals surface area contributed by atoms with E-state index in [1.807, 2.05) is 0 Å². The summed E-state index contributed by atoms with van der Waals surface area (Å²) in [4.78, 5) is 0. The van der Waals surface area contributed by atoms with Crippen LogP contribution >= 0.6 is 0 Å². The molecule has 0 radical (unpaired) electrons. The molecule has 0 amide bonds. The van der Waals surface area contributed by atoms with Crippen LogP contribution in [0.1, 0.15) is 0 Å². The average Bonchev–Trinajstić information content (AvgIpc) is 1.77. The van der Waals surface area contributed by atoms with E-state index in [-0.39, 0.29) is 29.6 Å². The maximum absolute atomic E-state index is 11.4. The maximum atomic E-state index is 11.4. The molecule has 16 heavy (non-hydrogen) atoms. The number of halogens is 6. The maximum Gasteiger partial charge on any atom is 1.00 e. The largest absolute Gasteiger partial charge is 1.00 e. The molecule has 0 atom stereocenters. The molecule has 0 saturated heterocycles. The molecule has 0 rings (SSSR count). The molecule has 0 aromatic rings. The van der Waals surface area contributed by atoms with Crippen LogP contribution in [0.2, 0.25) is 0 Å². The van der Waals surface area contributed by atoms with Crippen molar-refractivity contribution < 1.29 is 72.7 Å². The Balaban J connectivity index is 0. The van der Waals surface area contributed by atoms with Gasteiger partial charge in [-0.1, -0.05) is 0 Å². The molecule has 0 aromatic heterocycles. The van der Waals surface area contributed by atoms with Gasteiger partial charge in [0.05, 0.1) is 0 Å². The van der Waals surface area contributed by atoms with Gasteiger partial charge in [-0.15, -0.1) is 0 Å². The second-order valence-corrected chi connectivity index (χ2v) is 5.34. The number of hydrogen-bond donors (Lipinski definition) is 0. The first-order valence-electron chi connectivity index (χ1n) is 2.57. The molecule has 0 heterocycles. The number of sulfonamides is 2. The van der Waals surface area contributed by atoms with Crippen LogP contribution in [-0.4, -0.2) is 27.9 Å². The molecule has 0 aliphatic rings. The average molecular weight is 303 g/mol. The van der Waals surface area contributed by atoms with Gasteiger partial charge in [0.2, 0.25) is 0 Å². The van der Waals surface area contributed by atoms with E-state index in [1.54, 1.807) is 0 Å². The van der Waals surface area contributed by atoms with Gasteiger partial charge in [0.1, 0.15) is 0 Å². The second-order valence-electron chi connectivity index (χ2n) is 1.92. The van der Waals surface area contributed by atoms with Gasteiger partial charge in [0, 0.05) is 0 Å². The number of rotatable bonds is 2. The van der Waals surface area contributed by atoms with Crippen LogP contribution in [0.3, 0.4) is 0 Å². The molecule has 0 aliphatic carbocycles. The van der Waals surface area contributed by atoms with Gasteiger partial charge >= 0.3 is 40.6 Å². The van der Waals surface area contributed by atoms with Crippen molar-refractivity contribution in [1.82, 2.24) is 0 Å². The molecule has 14 heteroatoms. The Kier molecular flexibility index (Phi) is 5.84. The smallest absolute Gasteiger partial charge is 0.421 e. The third-order valence-corrected chi connectivity index (χ3v) is 3.52. The van der Waals surface area contributed by atoms with Crippen LogP contribution in [-0.2, 0) is 20.0 Å². The summed E-state index contributed by atoms with van der Waals surface area (Å²) in [6.45, 7) is 0. The van der Waals surface area contributed by atoms with Crippen LogP contribution in [0.25, 0.3) is 4.13 Å². The van der Waals surface area contributed by atoms with Gasteiger partial charge in [-0.2, -0.15) is 26.3 Å². The minimum Gasteiger partial charge on any atom is -0.421 e. The van der Waals surface area contributed by atoms with Crippen LogP contribution in [0, 0.1) is 0 Å². The Labute approximate surface area is 108 Å². The third-order valence-electron chi connectivity index (χ3n) is 0.781. The zero-order valence-corrected chi connectivity index (χ0v) is 10.8. The van der Waals surface area contributed by atoms with Gasteiger partial charge in [-0.05, 0) is 0 Å². The molecule has 0 N–H and O–H groups in total.